The number of esters is 2. The molecule has 7 nitrogen and oxygen atoms in total. The van der Waals surface area contributed by atoms with E-state index in [1.165, 1.54) is 6.08 Å². The molecule has 2 aromatic carbocycles. The van der Waals surface area contributed by atoms with Crippen LogP contribution in [0.2, 0.25) is 0 Å². The molecule has 0 bridgehead atoms. The zero-order chi connectivity index (χ0) is 21.8. The first kappa shape index (κ1) is 23.1. The van der Waals surface area contributed by atoms with E-state index < -0.39 is 33.7 Å². The second kappa shape index (κ2) is 11.7. The van der Waals surface area contributed by atoms with E-state index >= 15 is 0 Å². The lowest BCUT2D eigenvalue weighted by Gasteiger charge is -2.12. The standard InChI is InChI=1S/C22H22O7S/c23-21(28-15-7-13-18-9-3-1-4-10-18)17-20(30(25,26)27)22(24)29-16-8-14-19-11-5-2-6-12-19/h1-14,20H,15-17H2,(H,25,26,27). The van der Waals surface area contributed by atoms with Gasteiger partial charge in [0, 0.05) is 0 Å². The summed E-state index contributed by atoms with van der Waals surface area (Å²) in [6.07, 6.45) is 5.65. The van der Waals surface area contributed by atoms with Crippen molar-refractivity contribution < 1.29 is 32.0 Å². The molecule has 158 valence electrons. The largest absolute Gasteiger partial charge is 0.461 e. The Labute approximate surface area is 175 Å². The molecule has 0 fully saturated rings. The molecule has 0 aliphatic carbocycles. The molecule has 2 aromatic rings. The fraction of sp³-hybridized carbons (Fsp3) is 0.182. The van der Waals surface area contributed by atoms with Gasteiger partial charge in [-0.2, -0.15) is 8.42 Å². The Hall–Kier alpha value is -3.23. The van der Waals surface area contributed by atoms with Gasteiger partial charge in [-0.15, -0.1) is 0 Å². The Balaban J connectivity index is 1.83. The molecule has 0 radical (unpaired) electrons. The van der Waals surface area contributed by atoms with Crippen LogP contribution in [0.1, 0.15) is 17.5 Å². The van der Waals surface area contributed by atoms with E-state index in [0.29, 0.717) is 0 Å². The van der Waals surface area contributed by atoms with Crippen molar-refractivity contribution in [3.05, 3.63) is 83.9 Å². The van der Waals surface area contributed by atoms with Crippen molar-refractivity contribution in [3.63, 3.8) is 0 Å². The van der Waals surface area contributed by atoms with Gasteiger partial charge in [0.1, 0.15) is 13.2 Å². The van der Waals surface area contributed by atoms with Crippen molar-refractivity contribution in [1.29, 1.82) is 0 Å². The van der Waals surface area contributed by atoms with Crippen LogP contribution in [0.15, 0.2) is 72.8 Å². The van der Waals surface area contributed by atoms with Crippen molar-refractivity contribution in [3.8, 4) is 0 Å². The summed E-state index contributed by atoms with van der Waals surface area (Å²) in [5.74, 6) is -2.18. The molecule has 0 heterocycles. The van der Waals surface area contributed by atoms with E-state index in [4.69, 9.17) is 9.47 Å². The summed E-state index contributed by atoms with van der Waals surface area (Å²) in [6.45, 7) is -0.324. The Morgan fingerprint density at radius 2 is 1.30 bits per heavy atom. The molecule has 30 heavy (non-hydrogen) atoms. The van der Waals surface area contributed by atoms with Gasteiger partial charge in [-0.1, -0.05) is 72.8 Å². The van der Waals surface area contributed by atoms with Crippen LogP contribution in [0.4, 0.5) is 0 Å². The molecule has 1 atom stereocenters. The quantitative estimate of drug-likeness (QED) is 0.456. The van der Waals surface area contributed by atoms with E-state index in [-0.39, 0.29) is 13.2 Å². The van der Waals surface area contributed by atoms with E-state index in [0.717, 1.165) is 11.1 Å². The number of benzene rings is 2. The molecule has 0 saturated carbocycles. The van der Waals surface area contributed by atoms with Gasteiger partial charge in [0.2, 0.25) is 0 Å². The lowest BCUT2D eigenvalue weighted by atomic mass is 10.2. The zero-order valence-electron chi connectivity index (χ0n) is 16.1. The van der Waals surface area contributed by atoms with E-state index in [9.17, 15) is 22.6 Å². The Kier molecular flexibility index (Phi) is 8.99. The molecule has 8 heteroatoms. The first-order chi connectivity index (χ1) is 14.4. The summed E-state index contributed by atoms with van der Waals surface area (Å²) >= 11 is 0. The van der Waals surface area contributed by atoms with Gasteiger partial charge in [0.25, 0.3) is 10.1 Å². The minimum absolute atomic E-state index is 0.110. The van der Waals surface area contributed by atoms with Gasteiger partial charge in [-0.05, 0) is 23.3 Å². The SMILES string of the molecule is O=C(CC(C(=O)OCC=Cc1ccccc1)S(=O)(=O)O)OCC=Cc1ccccc1. The zero-order valence-corrected chi connectivity index (χ0v) is 16.9. The highest BCUT2D eigenvalue weighted by molar-refractivity contribution is 7.87. The van der Waals surface area contributed by atoms with Gasteiger partial charge >= 0.3 is 11.9 Å². The Bertz CT molecular complexity index is 981. The number of rotatable bonds is 10. The van der Waals surface area contributed by atoms with Crippen molar-refractivity contribution in [2.45, 2.75) is 11.7 Å². The minimum Gasteiger partial charge on any atom is -0.461 e. The van der Waals surface area contributed by atoms with Crippen molar-refractivity contribution >= 4 is 34.2 Å². The van der Waals surface area contributed by atoms with E-state index in [1.807, 2.05) is 60.7 Å². The summed E-state index contributed by atoms with van der Waals surface area (Å²) in [5, 5.41) is -2.05. The summed E-state index contributed by atoms with van der Waals surface area (Å²) in [6, 6.07) is 18.5. The highest BCUT2D eigenvalue weighted by Gasteiger charge is 2.35. The number of carbonyl (C=O) groups excluding carboxylic acids is 2. The first-order valence-corrected chi connectivity index (χ1v) is 10.6. The van der Waals surface area contributed by atoms with Crippen molar-refractivity contribution in [2.75, 3.05) is 13.2 Å². The Morgan fingerprint density at radius 1 is 0.833 bits per heavy atom. The predicted octanol–water partition coefficient (Wildman–Crippen LogP) is 3.15. The van der Waals surface area contributed by atoms with Crippen LogP contribution in [0.3, 0.4) is 0 Å². The monoisotopic (exact) mass is 430 g/mol. The molecule has 0 aliphatic rings. The normalized spacial score (nSPS) is 12.7. The van der Waals surface area contributed by atoms with Gasteiger partial charge in [-0.25, -0.2) is 0 Å². The van der Waals surface area contributed by atoms with Crippen LogP contribution in [0.25, 0.3) is 12.2 Å². The maximum absolute atomic E-state index is 12.0. The van der Waals surface area contributed by atoms with Crippen LogP contribution in [-0.4, -0.2) is 43.4 Å². The van der Waals surface area contributed by atoms with E-state index in [1.54, 1.807) is 18.2 Å². The third kappa shape index (κ3) is 8.42. The maximum Gasteiger partial charge on any atom is 0.327 e. The third-order valence-electron chi connectivity index (χ3n) is 3.86. The number of ether oxygens (including phenoxy) is 2. The number of hydrogen-bond donors (Lipinski definition) is 1. The molecule has 0 spiro atoms. The lowest BCUT2D eigenvalue weighted by Crippen LogP contribution is -2.34. The van der Waals surface area contributed by atoms with Crippen LogP contribution in [0.5, 0.6) is 0 Å². The molecule has 1 N–H and O–H groups in total. The fourth-order valence-corrected chi connectivity index (χ4v) is 3.04. The molecule has 1 unspecified atom stereocenters. The average molecular weight is 430 g/mol. The average Bonchev–Trinajstić information content (AvgIpc) is 2.73. The fourth-order valence-electron chi connectivity index (χ4n) is 2.38. The highest BCUT2D eigenvalue weighted by Crippen LogP contribution is 2.10. The molecule has 0 aliphatic heterocycles. The predicted molar refractivity (Wildman–Crippen MR) is 113 cm³/mol. The number of carbonyl (C=O) groups is 2. The summed E-state index contributed by atoms with van der Waals surface area (Å²) in [5.41, 5.74) is 1.77. The molecular formula is C22H22O7S. The van der Waals surface area contributed by atoms with Crippen LogP contribution in [-0.2, 0) is 29.2 Å². The smallest absolute Gasteiger partial charge is 0.327 e. The topological polar surface area (TPSA) is 107 Å². The van der Waals surface area contributed by atoms with Gasteiger partial charge < -0.3 is 9.47 Å². The molecular weight excluding hydrogens is 408 g/mol. The van der Waals surface area contributed by atoms with Gasteiger partial charge in [0.05, 0.1) is 6.42 Å². The summed E-state index contributed by atoms with van der Waals surface area (Å²) < 4.78 is 42.0. The molecule has 0 aromatic heterocycles. The maximum atomic E-state index is 12.0. The summed E-state index contributed by atoms with van der Waals surface area (Å²) in [4.78, 5) is 23.9. The van der Waals surface area contributed by atoms with Gasteiger partial charge in [0.15, 0.2) is 5.25 Å². The number of hydrogen-bond acceptors (Lipinski definition) is 6. The van der Waals surface area contributed by atoms with Crippen LogP contribution >= 0.6 is 0 Å². The Morgan fingerprint density at radius 3 is 1.77 bits per heavy atom. The first-order valence-electron chi connectivity index (χ1n) is 9.08. The van der Waals surface area contributed by atoms with E-state index in [2.05, 4.69) is 0 Å². The van der Waals surface area contributed by atoms with Crippen molar-refractivity contribution in [2.24, 2.45) is 0 Å². The third-order valence-corrected chi connectivity index (χ3v) is 4.93. The lowest BCUT2D eigenvalue weighted by molar-refractivity contribution is -0.148. The molecule has 2 rings (SSSR count). The molecule has 0 amide bonds. The van der Waals surface area contributed by atoms with Crippen LogP contribution < -0.4 is 0 Å². The minimum atomic E-state index is -4.84. The molecule has 0 saturated heterocycles. The second-order valence-electron chi connectivity index (χ2n) is 6.15. The highest BCUT2D eigenvalue weighted by atomic mass is 32.2. The van der Waals surface area contributed by atoms with Crippen LogP contribution in [0, 0.1) is 0 Å². The van der Waals surface area contributed by atoms with Gasteiger partial charge in [-0.3, -0.25) is 14.1 Å². The van der Waals surface area contributed by atoms with Crippen molar-refractivity contribution in [1.82, 2.24) is 0 Å². The summed E-state index contributed by atoms with van der Waals surface area (Å²) in [7, 11) is -4.84. The second-order valence-corrected chi connectivity index (χ2v) is 7.75.